The first-order valence-electron chi connectivity index (χ1n) is 8.75. The molecule has 0 radical (unpaired) electrons. The van der Waals surface area contributed by atoms with E-state index in [0.717, 1.165) is 23.4 Å². The van der Waals surface area contributed by atoms with Gasteiger partial charge in [-0.3, -0.25) is 4.79 Å². The van der Waals surface area contributed by atoms with Crippen LogP contribution < -0.4 is 0 Å². The van der Waals surface area contributed by atoms with Gasteiger partial charge in [0.1, 0.15) is 5.01 Å². The van der Waals surface area contributed by atoms with Crippen molar-refractivity contribution in [3.63, 3.8) is 0 Å². The van der Waals surface area contributed by atoms with Crippen LogP contribution in [-0.4, -0.2) is 34.8 Å². The number of likely N-dealkylation sites (tertiary alicyclic amines) is 1. The maximum atomic E-state index is 12.9. The monoisotopic (exact) mass is 398 g/mol. The zero-order chi connectivity index (χ0) is 18.6. The number of nitrogens with zero attached hydrogens (tertiary/aromatic N) is 2. The Bertz CT molecular complexity index is 916. The number of amides is 1. The van der Waals surface area contributed by atoms with E-state index in [9.17, 15) is 9.59 Å². The number of hydrogen-bond donors (Lipinski definition) is 0. The lowest BCUT2D eigenvalue weighted by atomic mass is 10.1. The van der Waals surface area contributed by atoms with Crippen molar-refractivity contribution in [2.75, 3.05) is 13.1 Å². The molecule has 0 N–H and O–H groups in total. The number of hydrogen-bond acceptors (Lipinski definition) is 6. The number of thiazole rings is 1. The van der Waals surface area contributed by atoms with Gasteiger partial charge in [0.05, 0.1) is 0 Å². The zero-order valence-corrected chi connectivity index (χ0v) is 16.2. The Hall–Kier alpha value is -2.51. The maximum absolute atomic E-state index is 12.9. The molecule has 4 rings (SSSR count). The summed E-state index contributed by atoms with van der Waals surface area (Å²) in [6, 6.07) is 11.1. The van der Waals surface area contributed by atoms with Gasteiger partial charge in [0.2, 0.25) is 6.10 Å². The average Bonchev–Trinajstić information content (AvgIpc) is 3.47. The number of benzene rings is 1. The lowest BCUT2D eigenvalue weighted by molar-refractivity contribution is -0.140. The van der Waals surface area contributed by atoms with Crippen molar-refractivity contribution in [2.45, 2.75) is 18.9 Å². The first kappa shape index (κ1) is 17.9. The van der Waals surface area contributed by atoms with Gasteiger partial charge in [0.25, 0.3) is 5.91 Å². The molecular weight excluding hydrogens is 380 g/mol. The smallest absolute Gasteiger partial charge is 0.358 e. The Morgan fingerprint density at radius 1 is 1.07 bits per heavy atom. The summed E-state index contributed by atoms with van der Waals surface area (Å²) in [5.41, 5.74) is 1.89. The fourth-order valence-corrected chi connectivity index (χ4v) is 4.55. The van der Waals surface area contributed by atoms with Gasteiger partial charge < -0.3 is 9.64 Å². The Morgan fingerprint density at radius 2 is 1.85 bits per heavy atom. The molecule has 0 saturated carbocycles. The topological polar surface area (TPSA) is 59.5 Å². The number of thiophene rings is 1. The van der Waals surface area contributed by atoms with E-state index >= 15 is 0 Å². The van der Waals surface area contributed by atoms with E-state index in [1.807, 2.05) is 47.2 Å². The van der Waals surface area contributed by atoms with Crippen molar-refractivity contribution < 1.29 is 14.3 Å². The molecule has 5 nitrogen and oxygen atoms in total. The summed E-state index contributed by atoms with van der Waals surface area (Å²) in [7, 11) is 0. The number of carbonyl (C=O) groups is 2. The Labute approximate surface area is 165 Å². The standard InChI is InChI=1S/C20H18N2O3S2/c23-19(22-9-4-5-10-22)17(14-6-2-1-3-7-14)25-20(24)16-13-27-18(21-16)15-8-11-26-12-15/h1-3,6-8,11-13,17H,4-5,9-10H2/t17-/m0/s1. The predicted octanol–water partition coefficient (Wildman–Crippen LogP) is 4.39. The number of aromatic nitrogens is 1. The predicted molar refractivity (Wildman–Crippen MR) is 106 cm³/mol. The van der Waals surface area contributed by atoms with E-state index in [1.165, 1.54) is 11.3 Å². The van der Waals surface area contributed by atoms with Gasteiger partial charge in [-0.05, 0) is 24.3 Å². The van der Waals surface area contributed by atoms with Gasteiger partial charge in [0.15, 0.2) is 5.69 Å². The number of rotatable bonds is 5. The molecule has 1 atom stereocenters. The van der Waals surface area contributed by atoms with E-state index in [0.29, 0.717) is 18.7 Å². The lowest BCUT2D eigenvalue weighted by Gasteiger charge is -2.23. The van der Waals surface area contributed by atoms with Gasteiger partial charge in [-0.25, -0.2) is 9.78 Å². The molecule has 0 bridgehead atoms. The molecule has 0 aliphatic carbocycles. The fourth-order valence-electron chi connectivity index (χ4n) is 3.05. The van der Waals surface area contributed by atoms with Crippen LogP contribution in [0.25, 0.3) is 10.6 Å². The van der Waals surface area contributed by atoms with Crippen molar-refractivity contribution in [1.82, 2.24) is 9.88 Å². The van der Waals surface area contributed by atoms with Crippen LogP contribution in [0, 0.1) is 0 Å². The average molecular weight is 399 g/mol. The molecule has 1 aromatic carbocycles. The highest BCUT2D eigenvalue weighted by atomic mass is 32.1. The molecule has 3 aromatic rings. The molecular formula is C20H18N2O3S2. The molecule has 3 heterocycles. The third kappa shape index (κ3) is 3.94. The van der Waals surface area contributed by atoms with E-state index in [2.05, 4.69) is 4.98 Å². The molecule has 0 spiro atoms. The van der Waals surface area contributed by atoms with E-state index in [-0.39, 0.29) is 11.6 Å². The summed E-state index contributed by atoms with van der Waals surface area (Å²) < 4.78 is 5.64. The first-order valence-corrected chi connectivity index (χ1v) is 10.6. The minimum absolute atomic E-state index is 0.166. The number of ether oxygens (including phenoxy) is 1. The fraction of sp³-hybridized carbons (Fsp3) is 0.250. The van der Waals surface area contributed by atoms with Crippen LogP contribution >= 0.6 is 22.7 Å². The summed E-state index contributed by atoms with van der Waals surface area (Å²) in [4.78, 5) is 31.8. The Morgan fingerprint density at radius 3 is 2.56 bits per heavy atom. The van der Waals surface area contributed by atoms with Crippen molar-refractivity contribution in [2.24, 2.45) is 0 Å². The van der Waals surface area contributed by atoms with Gasteiger partial charge in [0, 0.05) is 35.0 Å². The number of esters is 1. The van der Waals surface area contributed by atoms with E-state index < -0.39 is 12.1 Å². The second-order valence-electron chi connectivity index (χ2n) is 6.28. The van der Waals surface area contributed by atoms with Crippen LogP contribution in [0.5, 0.6) is 0 Å². The molecule has 2 aromatic heterocycles. The first-order chi connectivity index (χ1) is 13.2. The molecule has 138 valence electrons. The van der Waals surface area contributed by atoms with Gasteiger partial charge >= 0.3 is 5.97 Å². The SMILES string of the molecule is O=C(O[C@H](C(=O)N1CCCC1)c1ccccc1)c1csc(-c2ccsc2)n1. The summed E-state index contributed by atoms with van der Waals surface area (Å²) in [6.45, 7) is 1.41. The minimum atomic E-state index is -0.942. The van der Waals surface area contributed by atoms with Crippen molar-refractivity contribution in [1.29, 1.82) is 0 Å². The van der Waals surface area contributed by atoms with Crippen molar-refractivity contribution in [3.8, 4) is 10.6 Å². The summed E-state index contributed by atoms with van der Waals surface area (Å²) in [5, 5.41) is 6.40. The van der Waals surface area contributed by atoms with Crippen molar-refractivity contribution >= 4 is 34.6 Å². The van der Waals surface area contributed by atoms with E-state index in [4.69, 9.17) is 4.74 Å². The van der Waals surface area contributed by atoms with Gasteiger partial charge in [-0.1, -0.05) is 30.3 Å². The van der Waals surface area contributed by atoms with Crippen LogP contribution in [0.15, 0.2) is 52.5 Å². The van der Waals surface area contributed by atoms with Gasteiger partial charge in [-0.2, -0.15) is 11.3 Å². The zero-order valence-electron chi connectivity index (χ0n) is 14.5. The van der Waals surface area contributed by atoms with Crippen molar-refractivity contribution in [3.05, 3.63) is 63.8 Å². The Balaban J connectivity index is 1.55. The molecule has 0 unspecified atom stereocenters. The van der Waals surface area contributed by atoms with E-state index in [1.54, 1.807) is 21.6 Å². The summed E-state index contributed by atoms with van der Waals surface area (Å²) in [6.07, 6.45) is 1.03. The highest BCUT2D eigenvalue weighted by Gasteiger charge is 2.31. The molecule has 1 fully saturated rings. The Kier molecular flexibility index (Phi) is 5.31. The highest BCUT2D eigenvalue weighted by molar-refractivity contribution is 7.14. The molecule has 27 heavy (non-hydrogen) atoms. The third-order valence-electron chi connectivity index (χ3n) is 4.45. The second-order valence-corrected chi connectivity index (χ2v) is 7.92. The summed E-state index contributed by atoms with van der Waals surface area (Å²) in [5.74, 6) is -0.741. The normalized spacial score (nSPS) is 14.9. The van der Waals surface area contributed by atoms with Gasteiger partial charge in [-0.15, -0.1) is 11.3 Å². The third-order valence-corrected chi connectivity index (χ3v) is 6.03. The quantitative estimate of drug-likeness (QED) is 0.598. The molecule has 7 heteroatoms. The van der Waals surface area contributed by atoms with Crippen LogP contribution in [-0.2, 0) is 9.53 Å². The van der Waals surface area contributed by atoms with Crippen LogP contribution in [0.4, 0.5) is 0 Å². The van der Waals surface area contributed by atoms with Crippen LogP contribution in [0.3, 0.4) is 0 Å². The molecule has 1 saturated heterocycles. The maximum Gasteiger partial charge on any atom is 0.358 e. The largest absolute Gasteiger partial charge is 0.443 e. The molecule has 1 amide bonds. The van der Waals surface area contributed by atoms with Crippen LogP contribution in [0.1, 0.15) is 35.0 Å². The molecule has 1 aliphatic heterocycles. The molecule has 1 aliphatic rings. The van der Waals surface area contributed by atoms with Crippen LogP contribution in [0.2, 0.25) is 0 Å². The highest BCUT2D eigenvalue weighted by Crippen LogP contribution is 2.28. The number of carbonyl (C=O) groups excluding carboxylic acids is 2. The lowest BCUT2D eigenvalue weighted by Crippen LogP contribution is -2.34. The second kappa shape index (κ2) is 8.02. The minimum Gasteiger partial charge on any atom is -0.443 e. The summed E-state index contributed by atoms with van der Waals surface area (Å²) >= 11 is 2.97.